The molecule has 0 saturated heterocycles. The molecule has 2 rings (SSSR count). The summed E-state index contributed by atoms with van der Waals surface area (Å²) < 4.78 is 1.58. The molecule has 0 aliphatic carbocycles. The van der Waals surface area contributed by atoms with Gasteiger partial charge < -0.3 is 11.1 Å². The molecule has 0 aliphatic rings. The van der Waals surface area contributed by atoms with Crippen molar-refractivity contribution in [3.8, 4) is 0 Å². The lowest BCUT2D eigenvalue weighted by Crippen LogP contribution is -2.48. The van der Waals surface area contributed by atoms with Gasteiger partial charge in [0, 0.05) is 7.05 Å². The van der Waals surface area contributed by atoms with E-state index in [4.69, 9.17) is 5.73 Å². The third-order valence-electron chi connectivity index (χ3n) is 2.90. The van der Waals surface area contributed by atoms with Crippen LogP contribution in [0, 0.1) is 0 Å². The molecule has 0 bridgehead atoms. The van der Waals surface area contributed by atoms with Gasteiger partial charge in [0.25, 0.3) is 0 Å². The van der Waals surface area contributed by atoms with Crippen molar-refractivity contribution >= 4 is 5.91 Å². The molecular weight excluding hydrogens is 242 g/mol. The van der Waals surface area contributed by atoms with Gasteiger partial charge in [0.1, 0.15) is 11.9 Å². The molecule has 0 saturated carbocycles. The van der Waals surface area contributed by atoms with Crippen molar-refractivity contribution in [1.82, 2.24) is 20.1 Å². The van der Waals surface area contributed by atoms with Gasteiger partial charge in [-0.3, -0.25) is 9.48 Å². The zero-order valence-electron chi connectivity index (χ0n) is 11.0. The van der Waals surface area contributed by atoms with E-state index in [1.807, 2.05) is 30.3 Å². The zero-order chi connectivity index (χ0) is 13.9. The Morgan fingerprint density at radius 1 is 1.42 bits per heavy atom. The predicted molar refractivity (Wildman–Crippen MR) is 70.8 cm³/mol. The number of carbonyl (C=O) groups is 1. The Morgan fingerprint density at radius 3 is 2.68 bits per heavy atom. The summed E-state index contributed by atoms with van der Waals surface area (Å²) in [5.74, 6) is 0.297. The van der Waals surface area contributed by atoms with E-state index in [9.17, 15) is 4.79 Å². The number of nitrogens with zero attached hydrogens (tertiary/aromatic N) is 3. The number of nitrogens with two attached hydrogens (primary N) is 1. The molecule has 0 radical (unpaired) electrons. The molecule has 3 N–H and O–H groups in total. The van der Waals surface area contributed by atoms with Crippen molar-refractivity contribution in [1.29, 1.82) is 0 Å². The van der Waals surface area contributed by atoms with Crippen LogP contribution in [-0.4, -0.2) is 20.7 Å². The first kappa shape index (κ1) is 13.2. The van der Waals surface area contributed by atoms with Crippen molar-refractivity contribution in [3.63, 3.8) is 0 Å². The van der Waals surface area contributed by atoms with E-state index in [1.54, 1.807) is 25.0 Å². The first-order valence-corrected chi connectivity index (χ1v) is 5.97. The lowest BCUT2D eigenvalue weighted by molar-refractivity contribution is -0.126. The molecule has 1 unspecified atom stereocenters. The summed E-state index contributed by atoms with van der Waals surface area (Å²) in [6, 6.07) is 9.26. The minimum absolute atomic E-state index is 0.258. The Kier molecular flexibility index (Phi) is 3.62. The Morgan fingerprint density at radius 2 is 2.11 bits per heavy atom. The first-order chi connectivity index (χ1) is 9.00. The molecular formula is C13H17N5O. The van der Waals surface area contributed by atoms with Crippen LogP contribution < -0.4 is 11.1 Å². The number of hydrogen-bond acceptors (Lipinski definition) is 4. The second-order valence-electron chi connectivity index (χ2n) is 4.59. The SMILES string of the molecule is Cn1cnc(CNC(=O)C(C)(N)c2ccccc2)n1. The Balaban J connectivity index is 2.03. The van der Waals surface area contributed by atoms with E-state index in [0.717, 1.165) is 5.56 Å². The first-order valence-electron chi connectivity index (χ1n) is 5.97. The van der Waals surface area contributed by atoms with Crippen LogP contribution in [0.4, 0.5) is 0 Å². The van der Waals surface area contributed by atoms with Crippen molar-refractivity contribution in [2.45, 2.75) is 19.0 Å². The number of aromatic nitrogens is 3. The number of hydrogen-bond donors (Lipinski definition) is 2. The van der Waals surface area contributed by atoms with E-state index in [-0.39, 0.29) is 12.5 Å². The fourth-order valence-corrected chi connectivity index (χ4v) is 1.72. The topological polar surface area (TPSA) is 85.8 Å². The van der Waals surface area contributed by atoms with Gasteiger partial charge in [0.2, 0.25) is 5.91 Å². The maximum atomic E-state index is 12.1. The highest BCUT2D eigenvalue weighted by Crippen LogP contribution is 2.17. The summed E-state index contributed by atoms with van der Waals surface area (Å²) in [5.41, 5.74) is 5.78. The van der Waals surface area contributed by atoms with Crippen LogP contribution in [0.1, 0.15) is 18.3 Å². The number of benzene rings is 1. The highest BCUT2D eigenvalue weighted by molar-refractivity contribution is 5.86. The molecule has 0 spiro atoms. The molecule has 6 nitrogen and oxygen atoms in total. The number of rotatable bonds is 4. The third-order valence-corrected chi connectivity index (χ3v) is 2.90. The molecule has 19 heavy (non-hydrogen) atoms. The van der Waals surface area contributed by atoms with Gasteiger partial charge in [0.15, 0.2) is 5.82 Å². The molecule has 1 heterocycles. The Hall–Kier alpha value is -2.21. The van der Waals surface area contributed by atoms with Gasteiger partial charge in [-0.2, -0.15) is 5.10 Å². The number of amides is 1. The molecule has 0 fully saturated rings. The highest BCUT2D eigenvalue weighted by Gasteiger charge is 2.30. The van der Waals surface area contributed by atoms with E-state index in [0.29, 0.717) is 5.82 Å². The summed E-state index contributed by atoms with van der Waals surface area (Å²) in [6.07, 6.45) is 1.58. The van der Waals surface area contributed by atoms with Gasteiger partial charge >= 0.3 is 0 Å². The average Bonchev–Trinajstić information content (AvgIpc) is 2.82. The number of nitrogens with one attached hydrogen (secondary N) is 1. The molecule has 1 atom stereocenters. The summed E-state index contributed by atoms with van der Waals surface area (Å²) >= 11 is 0. The van der Waals surface area contributed by atoms with Gasteiger partial charge in [-0.1, -0.05) is 30.3 Å². The molecule has 0 aliphatic heterocycles. The quantitative estimate of drug-likeness (QED) is 0.827. The predicted octanol–water partition coefficient (Wildman–Crippen LogP) is 0.305. The van der Waals surface area contributed by atoms with Crippen LogP contribution in [0.2, 0.25) is 0 Å². The molecule has 1 aromatic carbocycles. The third kappa shape index (κ3) is 2.97. The number of carbonyl (C=O) groups excluding carboxylic acids is 1. The zero-order valence-corrected chi connectivity index (χ0v) is 11.0. The van der Waals surface area contributed by atoms with E-state index in [2.05, 4.69) is 15.4 Å². The van der Waals surface area contributed by atoms with Crippen molar-refractivity contribution in [3.05, 3.63) is 48.0 Å². The summed E-state index contributed by atoms with van der Waals surface area (Å²) in [4.78, 5) is 16.2. The molecule has 6 heteroatoms. The molecule has 100 valence electrons. The molecule has 1 amide bonds. The second-order valence-corrected chi connectivity index (χ2v) is 4.59. The van der Waals surface area contributed by atoms with E-state index >= 15 is 0 Å². The van der Waals surface area contributed by atoms with E-state index < -0.39 is 5.54 Å². The lowest BCUT2D eigenvalue weighted by Gasteiger charge is -2.23. The van der Waals surface area contributed by atoms with Crippen molar-refractivity contribution in [2.24, 2.45) is 12.8 Å². The fraction of sp³-hybridized carbons (Fsp3) is 0.308. The van der Waals surface area contributed by atoms with Gasteiger partial charge in [0.05, 0.1) is 6.54 Å². The van der Waals surface area contributed by atoms with Crippen LogP contribution in [0.25, 0.3) is 0 Å². The normalized spacial score (nSPS) is 13.8. The van der Waals surface area contributed by atoms with Crippen LogP contribution in [0.15, 0.2) is 36.7 Å². The highest BCUT2D eigenvalue weighted by atomic mass is 16.2. The minimum Gasteiger partial charge on any atom is -0.347 e. The lowest BCUT2D eigenvalue weighted by atomic mass is 9.92. The van der Waals surface area contributed by atoms with Crippen LogP contribution in [0.3, 0.4) is 0 Å². The maximum Gasteiger partial charge on any atom is 0.244 e. The monoisotopic (exact) mass is 259 g/mol. The minimum atomic E-state index is -1.07. The van der Waals surface area contributed by atoms with Gasteiger partial charge in [-0.15, -0.1) is 0 Å². The summed E-state index contributed by atoms with van der Waals surface area (Å²) in [7, 11) is 1.77. The fourth-order valence-electron chi connectivity index (χ4n) is 1.72. The standard InChI is InChI=1S/C13H17N5O/c1-13(14,10-6-4-3-5-7-10)12(19)15-8-11-16-9-18(2)17-11/h3-7,9H,8,14H2,1-2H3,(H,15,19). The van der Waals surface area contributed by atoms with Crippen molar-refractivity contribution in [2.75, 3.05) is 0 Å². The average molecular weight is 259 g/mol. The largest absolute Gasteiger partial charge is 0.347 e. The van der Waals surface area contributed by atoms with Crippen molar-refractivity contribution < 1.29 is 4.79 Å². The molecule has 1 aromatic heterocycles. The van der Waals surface area contributed by atoms with Crippen LogP contribution >= 0.6 is 0 Å². The van der Waals surface area contributed by atoms with Crippen LogP contribution in [0.5, 0.6) is 0 Å². The molecule has 2 aromatic rings. The second kappa shape index (κ2) is 5.19. The van der Waals surface area contributed by atoms with Gasteiger partial charge in [-0.25, -0.2) is 4.98 Å². The van der Waals surface area contributed by atoms with Gasteiger partial charge in [-0.05, 0) is 12.5 Å². The Bertz CT molecular complexity index is 561. The Labute approximate surface area is 111 Å². The number of aryl methyl sites for hydroxylation is 1. The van der Waals surface area contributed by atoms with Crippen LogP contribution in [-0.2, 0) is 23.9 Å². The summed E-state index contributed by atoms with van der Waals surface area (Å²) in [6.45, 7) is 1.95. The maximum absolute atomic E-state index is 12.1. The van der Waals surface area contributed by atoms with E-state index in [1.165, 1.54) is 0 Å². The summed E-state index contributed by atoms with van der Waals surface area (Å²) in [5, 5.41) is 6.84. The smallest absolute Gasteiger partial charge is 0.244 e.